The summed E-state index contributed by atoms with van der Waals surface area (Å²) in [6.45, 7) is 10.8. The Kier molecular flexibility index (Phi) is 10.0. The van der Waals surface area contributed by atoms with Crippen molar-refractivity contribution in [2.45, 2.75) is 41.0 Å². The molecule has 3 heterocycles. The van der Waals surface area contributed by atoms with Crippen LogP contribution in [0.25, 0.3) is 67.0 Å². The number of hydrogen-bond acceptors (Lipinski definition) is 3. The minimum absolute atomic E-state index is 0. The van der Waals surface area contributed by atoms with Crippen LogP contribution in [0.5, 0.6) is 11.5 Å². The largest absolute Gasteiger partial charge is 2.00 e. The molecule has 0 aliphatic carbocycles. The number of aryl methyl sites for hydroxylation is 4. The van der Waals surface area contributed by atoms with E-state index in [-0.39, 0.29) is 20.4 Å². The molecule has 0 N–H and O–H groups in total. The summed E-state index contributed by atoms with van der Waals surface area (Å²) in [5.74, 6) is 2.04. The molecule has 0 aliphatic heterocycles. The zero-order chi connectivity index (χ0) is 37.6. The summed E-state index contributed by atoms with van der Waals surface area (Å²) in [5, 5.41) is 7.67. The fourth-order valence-corrected chi connectivity index (χ4v) is 7.75. The number of para-hydroxylation sites is 1. The van der Waals surface area contributed by atoms with Crippen molar-refractivity contribution >= 4 is 21.8 Å². The number of nitrogens with zero attached hydrogens (tertiary/aromatic N) is 4. The fourth-order valence-electron chi connectivity index (χ4n) is 7.75. The van der Waals surface area contributed by atoms with Crippen molar-refractivity contribution in [1.82, 2.24) is 19.3 Å². The fraction of sp³-hybridized carbons (Fsp3) is 0.120. The van der Waals surface area contributed by atoms with Crippen molar-refractivity contribution in [2.75, 3.05) is 0 Å². The number of rotatable bonds is 8. The van der Waals surface area contributed by atoms with E-state index in [0.717, 1.165) is 73.4 Å². The molecule has 9 rings (SSSR count). The van der Waals surface area contributed by atoms with E-state index in [1.54, 1.807) is 0 Å². The topological polar surface area (TPSA) is 44.9 Å². The molecule has 6 heteroatoms. The van der Waals surface area contributed by atoms with Crippen molar-refractivity contribution in [3.8, 4) is 56.6 Å². The van der Waals surface area contributed by atoms with Crippen molar-refractivity contribution in [2.24, 2.45) is 0 Å². The summed E-state index contributed by atoms with van der Waals surface area (Å²) in [6.07, 6.45) is 2.81. The molecule has 0 unspecified atom stereocenters. The van der Waals surface area contributed by atoms with E-state index < -0.39 is 0 Å². The van der Waals surface area contributed by atoms with Gasteiger partial charge in [0.25, 0.3) is 0 Å². The summed E-state index contributed by atoms with van der Waals surface area (Å²) >= 11 is 0. The van der Waals surface area contributed by atoms with Crippen LogP contribution < -0.4 is 4.74 Å². The second kappa shape index (κ2) is 15.2. The Morgan fingerprint density at radius 2 is 1.36 bits per heavy atom. The Morgan fingerprint density at radius 3 is 2.12 bits per heavy atom. The maximum atomic E-state index is 6.68. The van der Waals surface area contributed by atoms with E-state index in [1.807, 2.05) is 29.1 Å². The number of benzene rings is 6. The summed E-state index contributed by atoms with van der Waals surface area (Å²) in [7, 11) is 0. The van der Waals surface area contributed by atoms with Crippen LogP contribution in [-0.4, -0.2) is 19.3 Å². The van der Waals surface area contributed by atoms with Crippen molar-refractivity contribution in [3.63, 3.8) is 0 Å². The monoisotopic (exact) mass is 818 g/mol. The molecule has 0 radical (unpaired) electrons. The second-order valence-electron chi connectivity index (χ2n) is 14.2. The molecule has 0 bridgehead atoms. The minimum Gasteiger partial charge on any atom is -0.509 e. The van der Waals surface area contributed by atoms with Crippen LogP contribution in [-0.2, 0) is 26.8 Å². The average Bonchev–Trinajstić information content (AvgIpc) is 3.76. The van der Waals surface area contributed by atoms with Gasteiger partial charge < -0.3 is 9.30 Å². The Morgan fingerprint density at radius 1 is 0.643 bits per heavy atom. The zero-order valence-electron chi connectivity index (χ0n) is 32.0. The van der Waals surface area contributed by atoms with Crippen LogP contribution in [0.1, 0.15) is 34.7 Å². The van der Waals surface area contributed by atoms with E-state index in [4.69, 9.17) is 14.8 Å². The standard InChI is InChI=1S/C50H40N4O.Pd/c1-6-36-25-26-51-46(29-36)53-44-20-14-13-19-42(44)43-24-23-40(31-45(43)53)55-41-28-32(2)27-39(30-41)54-50(38-17-11-8-12-18-38)48(47-34(4)22-21-33(3)35(47)5)49(52-54)37-15-9-7-10-16-37;/h7-29H,6H2,1-5H3;/q-2;+2. The van der Waals surface area contributed by atoms with Crippen LogP contribution in [0.2, 0.25) is 0 Å². The van der Waals surface area contributed by atoms with Crippen molar-refractivity contribution in [3.05, 3.63) is 180 Å². The molecule has 0 aliphatic rings. The number of pyridine rings is 1. The Hall–Kier alpha value is -6.06. The van der Waals surface area contributed by atoms with Crippen LogP contribution in [0.4, 0.5) is 0 Å². The van der Waals surface area contributed by atoms with Gasteiger partial charge in [-0.25, -0.2) is 4.98 Å². The van der Waals surface area contributed by atoms with E-state index in [1.165, 1.54) is 27.8 Å². The van der Waals surface area contributed by atoms with Gasteiger partial charge in [-0.1, -0.05) is 110 Å². The van der Waals surface area contributed by atoms with Gasteiger partial charge in [0.2, 0.25) is 0 Å². The summed E-state index contributed by atoms with van der Waals surface area (Å²) in [4.78, 5) is 4.79. The number of ether oxygens (including phenoxy) is 1. The Balaban J connectivity index is 0.00000441. The maximum Gasteiger partial charge on any atom is 2.00 e. The van der Waals surface area contributed by atoms with Gasteiger partial charge in [-0.15, -0.1) is 35.7 Å². The first-order valence-electron chi connectivity index (χ1n) is 18.8. The van der Waals surface area contributed by atoms with Crippen LogP contribution in [0, 0.1) is 39.8 Å². The SMILES string of the molecule is CCc1ccnc(-n2c3[c-]c(Oc4[c-]c(-n5nc(-c6ccccc6)c(-c6c(C)ccc(C)c6C)c5-c5ccccc5)cc(C)c4)ccc3c3ccccc32)c1.[Pd+2]. The average molecular weight is 819 g/mol. The first kappa shape index (κ1) is 36.9. The van der Waals surface area contributed by atoms with Gasteiger partial charge in [-0.05, 0) is 84.3 Å². The Labute approximate surface area is 341 Å². The molecule has 0 spiro atoms. The molecule has 56 heavy (non-hydrogen) atoms. The van der Waals surface area contributed by atoms with Crippen LogP contribution in [0.15, 0.2) is 140 Å². The van der Waals surface area contributed by atoms with Crippen LogP contribution in [0.3, 0.4) is 0 Å². The zero-order valence-corrected chi connectivity index (χ0v) is 33.6. The minimum atomic E-state index is 0. The molecule has 6 aromatic carbocycles. The van der Waals surface area contributed by atoms with Gasteiger partial charge in [-0.3, -0.25) is 4.68 Å². The third kappa shape index (κ3) is 6.56. The normalized spacial score (nSPS) is 11.2. The summed E-state index contributed by atoms with van der Waals surface area (Å²) in [5.41, 5.74) is 15.0. The van der Waals surface area contributed by atoms with Crippen molar-refractivity contribution in [1.29, 1.82) is 0 Å². The molecule has 0 fully saturated rings. The maximum absolute atomic E-state index is 6.68. The first-order chi connectivity index (χ1) is 26.9. The quantitative estimate of drug-likeness (QED) is 0.113. The number of aromatic nitrogens is 4. The Bertz CT molecular complexity index is 2870. The van der Waals surface area contributed by atoms with Gasteiger partial charge in [-0.2, -0.15) is 16.7 Å². The third-order valence-corrected chi connectivity index (χ3v) is 10.6. The molecule has 9 aromatic rings. The van der Waals surface area contributed by atoms with Gasteiger partial charge in [0.1, 0.15) is 11.5 Å². The van der Waals surface area contributed by atoms with Gasteiger partial charge in [0, 0.05) is 39.9 Å². The predicted octanol–water partition coefficient (Wildman–Crippen LogP) is 12.6. The van der Waals surface area contributed by atoms with E-state index in [9.17, 15) is 0 Å². The van der Waals surface area contributed by atoms with Crippen molar-refractivity contribution < 1.29 is 25.2 Å². The summed E-state index contributed by atoms with van der Waals surface area (Å²) < 4.78 is 10.9. The molecule has 0 amide bonds. The molecule has 0 atom stereocenters. The smallest absolute Gasteiger partial charge is 0.509 e. The van der Waals surface area contributed by atoms with Gasteiger partial charge in [0.15, 0.2) is 0 Å². The van der Waals surface area contributed by atoms with Crippen LogP contribution >= 0.6 is 0 Å². The van der Waals surface area contributed by atoms with E-state index in [0.29, 0.717) is 11.5 Å². The first-order valence-corrected chi connectivity index (χ1v) is 18.8. The molecule has 3 aromatic heterocycles. The van der Waals surface area contributed by atoms with E-state index >= 15 is 0 Å². The van der Waals surface area contributed by atoms with E-state index in [2.05, 4.69) is 167 Å². The number of fused-ring (bicyclic) bond motifs is 3. The molecule has 276 valence electrons. The number of hydrogen-bond donors (Lipinski definition) is 0. The van der Waals surface area contributed by atoms with Gasteiger partial charge >= 0.3 is 20.4 Å². The third-order valence-electron chi connectivity index (χ3n) is 10.6. The molecule has 0 saturated heterocycles. The molecular weight excluding hydrogens is 779 g/mol. The van der Waals surface area contributed by atoms with Gasteiger partial charge in [0.05, 0.1) is 5.69 Å². The predicted molar refractivity (Wildman–Crippen MR) is 225 cm³/mol. The molecular formula is C50H40N4OPd. The molecule has 5 nitrogen and oxygen atoms in total. The second-order valence-corrected chi connectivity index (χ2v) is 14.2. The summed E-state index contributed by atoms with van der Waals surface area (Å²) in [6, 6.07) is 53.6. The molecule has 0 saturated carbocycles.